The van der Waals surface area contributed by atoms with Gasteiger partial charge in [-0.05, 0) is 19.4 Å². The van der Waals surface area contributed by atoms with E-state index in [9.17, 15) is 0 Å². The minimum Gasteiger partial charge on any atom is -0.396 e. The summed E-state index contributed by atoms with van der Waals surface area (Å²) in [6.07, 6.45) is 2.45. The van der Waals surface area contributed by atoms with E-state index in [4.69, 9.17) is 5.11 Å². The lowest BCUT2D eigenvalue weighted by Gasteiger charge is -2.05. The molecule has 0 fully saturated rings. The predicted molar refractivity (Wildman–Crippen MR) is 61.9 cm³/mol. The number of hydrogen-bond donors (Lipinski definition) is 1. The molecule has 1 aromatic heterocycles. The molecule has 1 aromatic carbocycles. The molecule has 0 saturated carbocycles. The van der Waals surface area contributed by atoms with Crippen molar-refractivity contribution in [2.75, 3.05) is 6.61 Å². The van der Waals surface area contributed by atoms with Gasteiger partial charge in [-0.2, -0.15) is 0 Å². The fourth-order valence-electron chi connectivity index (χ4n) is 1.67. The van der Waals surface area contributed by atoms with E-state index in [-0.39, 0.29) is 6.61 Å². The highest BCUT2D eigenvalue weighted by molar-refractivity contribution is 5.59. The monoisotopic (exact) mass is 217 g/mol. The number of aliphatic hydroxyl groups excluding tert-OH is 1. The van der Waals surface area contributed by atoms with Crippen LogP contribution in [-0.4, -0.2) is 26.7 Å². The van der Waals surface area contributed by atoms with Gasteiger partial charge in [-0.15, -0.1) is 5.10 Å². The Hall–Kier alpha value is -1.68. The third-order valence-corrected chi connectivity index (χ3v) is 2.46. The Bertz CT molecular complexity index is 465. The van der Waals surface area contributed by atoms with E-state index in [1.165, 1.54) is 5.56 Å². The van der Waals surface area contributed by atoms with Crippen molar-refractivity contribution in [2.45, 2.75) is 19.9 Å². The van der Waals surface area contributed by atoms with Crippen LogP contribution < -0.4 is 0 Å². The summed E-state index contributed by atoms with van der Waals surface area (Å²) in [5.41, 5.74) is 3.33. The zero-order valence-electron chi connectivity index (χ0n) is 9.30. The number of nitrogens with zero attached hydrogens (tertiary/aromatic N) is 3. The van der Waals surface area contributed by atoms with Crippen molar-refractivity contribution in [1.29, 1.82) is 0 Å². The molecule has 1 N–H and O–H groups in total. The molecule has 1 heterocycles. The molecule has 0 aliphatic rings. The van der Waals surface area contributed by atoms with Crippen LogP contribution >= 0.6 is 0 Å². The second-order valence-electron chi connectivity index (χ2n) is 3.79. The molecular formula is C12H15N3O. The highest BCUT2D eigenvalue weighted by Gasteiger charge is 2.05. The molecule has 0 amide bonds. The Kier molecular flexibility index (Phi) is 3.31. The van der Waals surface area contributed by atoms with E-state index < -0.39 is 0 Å². The third kappa shape index (κ3) is 2.28. The van der Waals surface area contributed by atoms with Crippen LogP contribution in [0.4, 0.5) is 0 Å². The maximum Gasteiger partial charge on any atom is 0.0885 e. The molecule has 4 heteroatoms. The highest BCUT2D eigenvalue weighted by atomic mass is 16.3. The quantitative estimate of drug-likeness (QED) is 0.847. The normalized spacial score (nSPS) is 10.6. The molecule has 0 aliphatic heterocycles. The van der Waals surface area contributed by atoms with Gasteiger partial charge in [0, 0.05) is 18.7 Å². The minimum absolute atomic E-state index is 0.174. The smallest absolute Gasteiger partial charge is 0.0885 e. The molecule has 16 heavy (non-hydrogen) atoms. The van der Waals surface area contributed by atoms with Crippen LogP contribution in [0.5, 0.6) is 0 Å². The second kappa shape index (κ2) is 4.90. The Morgan fingerprint density at radius 3 is 3.00 bits per heavy atom. The van der Waals surface area contributed by atoms with Crippen molar-refractivity contribution in [3.63, 3.8) is 0 Å². The first-order chi connectivity index (χ1) is 7.81. The van der Waals surface area contributed by atoms with Crippen molar-refractivity contribution in [2.24, 2.45) is 0 Å². The standard InChI is InChI=1S/C12H15N3O/c1-10-4-2-5-11(8-10)12-9-13-14-15(12)6-3-7-16/h2,4-5,8-9,16H,3,6-7H2,1H3. The van der Waals surface area contributed by atoms with Gasteiger partial charge >= 0.3 is 0 Å². The van der Waals surface area contributed by atoms with Gasteiger partial charge in [0.15, 0.2) is 0 Å². The van der Waals surface area contributed by atoms with Gasteiger partial charge < -0.3 is 5.11 Å². The molecule has 0 bridgehead atoms. The predicted octanol–water partition coefficient (Wildman–Crippen LogP) is 1.64. The van der Waals surface area contributed by atoms with E-state index in [1.807, 2.05) is 16.8 Å². The number of aryl methyl sites for hydroxylation is 2. The number of aromatic nitrogens is 3. The van der Waals surface area contributed by atoms with Crippen LogP contribution in [0.15, 0.2) is 30.5 Å². The van der Waals surface area contributed by atoms with Gasteiger partial charge in [0.1, 0.15) is 0 Å². The first-order valence-electron chi connectivity index (χ1n) is 5.37. The molecule has 0 aliphatic carbocycles. The first-order valence-corrected chi connectivity index (χ1v) is 5.37. The Morgan fingerprint density at radius 2 is 2.25 bits per heavy atom. The fraction of sp³-hybridized carbons (Fsp3) is 0.333. The third-order valence-electron chi connectivity index (χ3n) is 2.46. The molecule has 84 valence electrons. The van der Waals surface area contributed by atoms with Gasteiger partial charge in [-0.25, -0.2) is 4.68 Å². The molecule has 0 atom stereocenters. The molecule has 2 aromatic rings. The van der Waals surface area contributed by atoms with Crippen molar-refractivity contribution in [3.05, 3.63) is 36.0 Å². The van der Waals surface area contributed by atoms with Crippen LogP contribution in [-0.2, 0) is 6.54 Å². The SMILES string of the molecule is Cc1cccc(-c2cnnn2CCCO)c1. The lowest BCUT2D eigenvalue weighted by Crippen LogP contribution is -2.04. The Labute approximate surface area is 94.5 Å². The van der Waals surface area contributed by atoms with Crippen molar-refractivity contribution >= 4 is 0 Å². The van der Waals surface area contributed by atoms with Gasteiger partial charge in [-0.1, -0.05) is 29.0 Å². The summed E-state index contributed by atoms with van der Waals surface area (Å²) >= 11 is 0. The van der Waals surface area contributed by atoms with Crippen molar-refractivity contribution < 1.29 is 5.11 Å². The van der Waals surface area contributed by atoms with Crippen LogP contribution in [0.3, 0.4) is 0 Å². The van der Waals surface area contributed by atoms with E-state index in [1.54, 1.807) is 6.20 Å². The summed E-state index contributed by atoms with van der Waals surface area (Å²) < 4.78 is 1.82. The van der Waals surface area contributed by atoms with E-state index in [2.05, 4.69) is 29.4 Å². The van der Waals surface area contributed by atoms with E-state index in [0.717, 1.165) is 11.3 Å². The maximum atomic E-state index is 8.81. The summed E-state index contributed by atoms with van der Waals surface area (Å²) in [6, 6.07) is 8.23. The van der Waals surface area contributed by atoms with Gasteiger partial charge in [0.25, 0.3) is 0 Å². The van der Waals surface area contributed by atoms with Crippen LogP contribution in [0.1, 0.15) is 12.0 Å². The summed E-state index contributed by atoms with van der Waals surface area (Å²) in [7, 11) is 0. The summed E-state index contributed by atoms with van der Waals surface area (Å²) in [5, 5.41) is 16.7. The lowest BCUT2D eigenvalue weighted by atomic mass is 10.1. The van der Waals surface area contributed by atoms with E-state index >= 15 is 0 Å². The zero-order valence-corrected chi connectivity index (χ0v) is 9.30. The van der Waals surface area contributed by atoms with Crippen molar-refractivity contribution in [3.8, 4) is 11.3 Å². The number of hydrogen-bond acceptors (Lipinski definition) is 3. The van der Waals surface area contributed by atoms with Gasteiger partial charge in [0.2, 0.25) is 0 Å². The Balaban J connectivity index is 2.29. The molecule has 0 radical (unpaired) electrons. The summed E-state index contributed by atoms with van der Waals surface area (Å²) in [6.45, 7) is 2.93. The minimum atomic E-state index is 0.174. The average molecular weight is 217 g/mol. The molecule has 2 rings (SSSR count). The average Bonchev–Trinajstić information content (AvgIpc) is 2.74. The van der Waals surface area contributed by atoms with E-state index in [0.29, 0.717) is 13.0 Å². The first kappa shape index (κ1) is 10.8. The van der Waals surface area contributed by atoms with Crippen LogP contribution in [0.25, 0.3) is 11.3 Å². The van der Waals surface area contributed by atoms with Gasteiger partial charge in [-0.3, -0.25) is 0 Å². The van der Waals surface area contributed by atoms with Crippen LogP contribution in [0, 0.1) is 6.92 Å². The lowest BCUT2D eigenvalue weighted by molar-refractivity contribution is 0.276. The fourth-order valence-corrected chi connectivity index (χ4v) is 1.67. The second-order valence-corrected chi connectivity index (χ2v) is 3.79. The molecule has 4 nitrogen and oxygen atoms in total. The highest BCUT2D eigenvalue weighted by Crippen LogP contribution is 2.19. The zero-order chi connectivity index (χ0) is 11.4. The summed E-state index contributed by atoms with van der Waals surface area (Å²) in [5.74, 6) is 0. The Morgan fingerprint density at radius 1 is 1.38 bits per heavy atom. The number of aliphatic hydroxyl groups is 1. The molecular weight excluding hydrogens is 202 g/mol. The topological polar surface area (TPSA) is 50.9 Å². The summed E-state index contributed by atoms with van der Waals surface area (Å²) in [4.78, 5) is 0. The number of rotatable bonds is 4. The van der Waals surface area contributed by atoms with Crippen LogP contribution in [0.2, 0.25) is 0 Å². The molecule has 0 spiro atoms. The largest absolute Gasteiger partial charge is 0.396 e. The van der Waals surface area contributed by atoms with Crippen molar-refractivity contribution in [1.82, 2.24) is 15.0 Å². The molecule has 0 unspecified atom stereocenters. The maximum absolute atomic E-state index is 8.81. The molecule has 0 saturated heterocycles. The number of benzene rings is 1. The van der Waals surface area contributed by atoms with Gasteiger partial charge in [0.05, 0.1) is 11.9 Å².